The van der Waals surface area contributed by atoms with Gasteiger partial charge in [-0.1, -0.05) is 17.4 Å². The van der Waals surface area contributed by atoms with Gasteiger partial charge in [-0.2, -0.15) is 0 Å². The van der Waals surface area contributed by atoms with Gasteiger partial charge in [0, 0.05) is 6.42 Å². The van der Waals surface area contributed by atoms with Crippen molar-refractivity contribution in [1.29, 1.82) is 0 Å². The van der Waals surface area contributed by atoms with Crippen molar-refractivity contribution < 1.29 is 24.7 Å². The first-order valence-corrected chi connectivity index (χ1v) is 5.24. The van der Waals surface area contributed by atoms with Crippen LogP contribution >= 0.6 is 0 Å². The number of benzene rings is 1. The van der Waals surface area contributed by atoms with Crippen LogP contribution in [-0.2, 0) is 4.74 Å². The molecule has 1 saturated heterocycles. The summed E-state index contributed by atoms with van der Waals surface area (Å²) in [5.74, 6) is -0.611. The quantitative estimate of drug-likeness (QED) is 0.609. The fraction of sp³-hybridized carbons (Fsp3) is 0.364. The van der Waals surface area contributed by atoms with Gasteiger partial charge in [0.05, 0.1) is 18.8 Å². The molecule has 6 nitrogen and oxygen atoms in total. The van der Waals surface area contributed by atoms with Crippen LogP contribution in [0.2, 0.25) is 0 Å². The van der Waals surface area contributed by atoms with Crippen molar-refractivity contribution in [2.24, 2.45) is 0 Å². The van der Waals surface area contributed by atoms with Gasteiger partial charge in [-0.15, -0.1) is 0 Å². The van der Waals surface area contributed by atoms with Crippen molar-refractivity contribution in [2.75, 3.05) is 13.2 Å². The van der Waals surface area contributed by atoms with E-state index in [1.54, 1.807) is 18.2 Å². The van der Waals surface area contributed by atoms with E-state index < -0.39 is 11.1 Å². The Labute approximate surface area is 97.9 Å². The van der Waals surface area contributed by atoms with Crippen LogP contribution in [0.4, 0.5) is 0 Å². The van der Waals surface area contributed by atoms with Gasteiger partial charge in [0.1, 0.15) is 11.9 Å². The van der Waals surface area contributed by atoms with Gasteiger partial charge >= 0.3 is 5.91 Å². The topological polar surface area (TPSA) is 79.2 Å². The molecule has 2 rings (SSSR count). The first kappa shape index (κ1) is 11.8. The Balaban J connectivity index is 2.17. The maximum absolute atomic E-state index is 11.5. The fourth-order valence-corrected chi connectivity index (χ4v) is 1.64. The number of hydroxylamine groups is 2. The highest BCUT2D eigenvalue weighted by Gasteiger charge is 2.22. The van der Waals surface area contributed by atoms with E-state index in [-0.39, 0.29) is 11.7 Å². The summed E-state index contributed by atoms with van der Waals surface area (Å²) in [4.78, 5) is 11.5. The van der Waals surface area contributed by atoms with E-state index in [0.29, 0.717) is 19.0 Å². The van der Waals surface area contributed by atoms with Gasteiger partial charge in [-0.25, -0.2) is 0 Å². The number of hydrogen-bond acceptors (Lipinski definition) is 5. The van der Waals surface area contributed by atoms with E-state index in [9.17, 15) is 4.79 Å². The first-order valence-electron chi connectivity index (χ1n) is 5.24. The number of para-hydroxylation sites is 1. The molecule has 1 fully saturated rings. The minimum absolute atomic E-state index is 0.101. The molecule has 0 spiro atoms. The number of carbonyl (C=O) groups is 1. The zero-order valence-electron chi connectivity index (χ0n) is 9.07. The van der Waals surface area contributed by atoms with Crippen LogP contribution in [0.15, 0.2) is 24.3 Å². The molecule has 1 aromatic rings. The van der Waals surface area contributed by atoms with Crippen molar-refractivity contribution >= 4 is 5.91 Å². The minimum Gasteiger partial charge on any atom is -0.487 e. The van der Waals surface area contributed by atoms with E-state index >= 15 is 0 Å². The van der Waals surface area contributed by atoms with Gasteiger partial charge in [0.2, 0.25) is 0 Å². The molecular weight excluding hydrogens is 226 g/mol. The number of ether oxygens (including phenoxy) is 2. The number of carbonyl (C=O) groups excluding carboxylic acids is 1. The molecule has 1 aliphatic heterocycles. The molecule has 6 heteroatoms. The van der Waals surface area contributed by atoms with Crippen LogP contribution in [0.1, 0.15) is 16.8 Å². The fourth-order valence-electron chi connectivity index (χ4n) is 1.64. The van der Waals surface area contributed by atoms with Gasteiger partial charge in [0.25, 0.3) is 0 Å². The van der Waals surface area contributed by atoms with Crippen LogP contribution in [0.3, 0.4) is 0 Å². The lowest BCUT2D eigenvalue weighted by Gasteiger charge is -2.15. The summed E-state index contributed by atoms with van der Waals surface area (Å²) in [6.07, 6.45) is 0.652. The lowest BCUT2D eigenvalue weighted by molar-refractivity contribution is -0.260. The molecule has 1 aliphatic rings. The second-order valence-corrected chi connectivity index (χ2v) is 3.69. The highest BCUT2D eigenvalue weighted by Crippen LogP contribution is 2.22. The van der Waals surface area contributed by atoms with Gasteiger partial charge in [0.15, 0.2) is 0 Å². The van der Waals surface area contributed by atoms with Crippen molar-refractivity contribution in [1.82, 2.24) is 5.23 Å². The molecule has 17 heavy (non-hydrogen) atoms. The third-order valence-corrected chi connectivity index (χ3v) is 2.48. The van der Waals surface area contributed by atoms with E-state index in [0.717, 1.165) is 6.42 Å². The zero-order valence-corrected chi connectivity index (χ0v) is 9.07. The Morgan fingerprint density at radius 3 is 2.82 bits per heavy atom. The summed E-state index contributed by atoms with van der Waals surface area (Å²) in [7, 11) is 0. The summed E-state index contributed by atoms with van der Waals surface area (Å²) in [5.41, 5.74) is 0.101. The molecule has 1 aromatic carbocycles. The molecule has 0 saturated carbocycles. The summed E-state index contributed by atoms with van der Waals surface area (Å²) >= 11 is 0. The lowest BCUT2D eigenvalue weighted by atomic mass is 10.2. The standard InChI is InChI=1S/C11H13NO5/c13-11(12(14)15)9-3-1-2-4-10(9)17-8-5-6-16-7-8/h1-4,8,14-15H,5-7H2. The average Bonchev–Trinajstić information content (AvgIpc) is 2.81. The maximum Gasteiger partial charge on any atom is 0.307 e. The molecule has 0 aliphatic carbocycles. The minimum atomic E-state index is -0.931. The van der Waals surface area contributed by atoms with Crippen molar-refractivity contribution in [3.8, 4) is 5.75 Å². The molecule has 1 heterocycles. The van der Waals surface area contributed by atoms with E-state index in [2.05, 4.69) is 0 Å². The van der Waals surface area contributed by atoms with Crippen molar-refractivity contribution in [3.63, 3.8) is 0 Å². The number of amides is 1. The molecule has 92 valence electrons. The molecule has 1 amide bonds. The van der Waals surface area contributed by atoms with Gasteiger partial charge in [-0.05, 0) is 12.1 Å². The molecular formula is C11H13NO5. The van der Waals surface area contributed by atoms with Gasteiger partial charge < -0.3 is 9.47 Å². The van der Waals surface area contributed by atoms with E-state index in [1.807, 2.05) is 0 Å². The maximum atomic E-state index is 11.5. The molecule has 0 bridgehead atoms. The molecule has 2 N–H and O–H groups in total. The molecule has 0 radical (unpaired) electrons. The summed E-state index contributed by atoms with van der Waals surface area (Å²) in [6.45, 7) is 1.11. The summed E-state index contributed by atoms with van der Waals surface area (Å²) < 4.78 is 10.7. The normalized spacial score (nSPS) is 19.1. The summed E-state index contributed by atoms with van der Waals surface area (Å²) in [5, 5.41) is 17.0. The third-order valence-electron chi connectivity index (χ3n) is 2.48. The smallest absolute Gasteiger partial charge is 0.307 e. The highest BCUT2D eigenvalue weighted by molar-refractivity contribution is 5.95. The largest absolute Gasteiger partial charge is 0.487 e. The highest BCUT2D eigenvalue weighted by atomic mass is 16.8. The van der Waals surface area contributed by atoms with Crippen LogP contribution < -0.4 is 4.74 Å². The van der Waals surface area contributed by atoms with E-state index in [1.165, 1.54) is 6.07 Å². The van der Waals surface area contributed by atoms with Gasteiger partial charge in [-0.3, -0.25) is 15.2 Å². The molecule has 1 unspecified atom stereocenters. The Morgan fingerprint density at radius 1 is 1.41 bits per heavy atom. The zero-order chi connectivity index (χ0) is 12.3. The lowest BCUT2D eigenvalue weighted by Crippen LogP contribution is -2.25. The second-order valence-electron chi connectivity index (χ2n) is 3.69. The van der Waals surface area contributed by atoms with E-state index in [4.69, 9.17) is 19.9 Å². The number of nitrogens with zero attached hydrogens (tertiary/aromatic N) is 1. The van der Waals surface area contributed by atoms with Crippen molar-refractivity contribution in [3.05, 3.63) is 29.8 Å². The number of rotatable bonds is 3. The third kappa shape index (κ3) is 2.73. The second kappa shape index (κ2) is 5.13. The predicted octanol–water partition coefficient (Wildman–Crippen LogP) is 1.07. The van der Waals surface area contributed by atoms with Crippen LogP contribution in [0.25, 0.3) is 0 Å². The predicted molar refractivity (Wildman–Crippen MR) is 56.0 cm³/mol. The van der Waals surface area contributed by atoms with Crippen molar-refractivity contribution in [2.45, 2.75) is 12.5 Å². The van der Waals surface area contributed by atoms with Crippen LogP contribution in [0.5, 0.6) is 5.75 Å². The summed E-state index contributed by atoms with van der Waals surface area (Å²) in [6, 6.07) is 6.40. The van der Waals surface area contributed by atoms with Crippen LogP contribution in [0, 0.1) is 0 Å². The molecule has 1 atom stereocenters. The monoisotopic (exact) mass is 239 g/mol. The Bertz CT molecular complexity index is 401. The average molecular weight is 239 g/mol. The molecule has 0 aromatic heterocycles. The Kier molecular flexibility index (Phi) is 3.58. The SMILES string of the molecule is O=C(c1ccccc1OC1CCOC1)N(O)O. The van der Waals surface area contributed by atoms with Crippen LogP contribution in [-0.4, -0.2) is 40.9 Å². The Morgan fingerprint density at radius 2 is 2.18 bits per heavy atom. The number of hydrogen-bond donors (Lipinski definition) is 2. The first-order chi connectivity index (χ1) is 8.18. The Hall–Kier alpha value is -1.63.